The summed E-state index contributed by atoms with van der Waals surface area (Å²) in [4.78, 5) is 11.3. The average Bonchev–Trinajstić information content (AvgIpc) is 2.00. The molecular formula is C13H22O2. The van der Waals surface area contributed by atoms with Gasteiger partial charge in [0.2, 0.25) is 0 Å². The summed E-state index contributed by atoms with van der Waals surface area (Å²) in [5.74, 6) is 0.198. The summed E-state index contributed by atoms with van der Waals surface area (Å²) >= 11 is 0. The second-order valence-electron chi connectivity index (χ2n) is 4.67. The van der Waals surface area contributed by atoms with Gasteiger partial charge >= 0.3 is 5.97 Å². The lowest BCUT2D eigenvalue weighted by Gasteiger charge is -2.17. The highest BCUT2D eigenvalue weighted by Gasteiger charge is 2.13. The Morgan fingerprint density at radius 3 is 2.47 bits per heavy atom. The highest BCUT2D eigenvalue weighted by molar-refractivity contribution is 5.82. The minimum Gasteiger partial charge on any atom is -0.457 e. The molecule has 0 aromatic heterocycles. The third-order valence-corrected chi connectivity index (χ3v) is 1.69. The Balaban J connectivity index is 3.92. The molecule has 86 valence electrons. The van der Waals surface area contributed by atoms with Gasteiger partial charge in [0, 0.05) is 6.08 Å². The second-order valence-corrected chi connectivity index (χ2v) is 4.67. The van der Waals surface area contributed by atoms with Crippen molar-refractivity contribution in [2.24, 2.45) is 5.92 Å². The van der Waals surface area contributed by atoms with E-state index >= 15 is 0 Å². The molecule has 0 saturated heterocycles. The Hall–Kier alpha value is -1.05. The smallest absolute Gasteiger partial charge is 0.330 e. The van der Waals surface area contributed by atoms with Crippen LogP contribution in [0.3, 0.4) is 0 Å². The number of carbonyl (C=O) groups is 1. The second kappa shape index (κ2) is 6.44. The van der Waals surface area contributed by atoms with Crippen LogP contribution in [0.4, 0.5) is 0 Å². The molecule has 2 heteroatoms. The van der Waals surface area contributed by atoms with Crippen LogP contribution >= 0.6 is 0 Å². The molecule has 0 bridgehead atoms. The van der Waals surface area contributed by atoms with Gasteiger partial charge in [-0.1, -0.05) is 25.2 Å². The number of hydrogen-bond acceptors (Lipinski definition) is 2. The molecule has 15 heavy (non-hydrogen) atoms. The van der Waals surface area contributed by atoms with Crippen molar-refractivity contribution < 1.29 is 9.53 Å². The molecule has 0 N–H and O–H groups in total. The number of allylic oxidation sites excluding steroid dienone is 3. The fourth-order valence-corrected chi connectivity index (χ4v) is 1.12. The van der Waals surface area contributed by atoms with Gasteiger partial charge in [0.05, 0.1) is 0 Å². The van der Waals surface area contributed by atoms with Gasteiger partial charge < -0.3 is 4.74 Å². The molecule has 0 fully saturated rings. The predicted molar refractivity (Wildman–Crippen MR) is 63.6 cm³/mol. The number of rotatable bonds is 4. The summed E-state index contributed by atoms with van der Waals surface area (Å²) in [6.45, 7) is 9.69. The van der Waals surface area contributed by atoms with E-state index in [1.807, 2.05) is 39.8 Å². The van der Waals surface area contributed by atoms with Gasteiger partial charge in [-0.15, -0.1) is 0 Å². The van der Waals surface area contributed by atoms with Crippen LogP contribution in [0.25, 0.3) is 0 Å². The first-order chi connectivity index (χ1) is 6.85. The van der Waals surface area contributed by atoms with Crippen LogP contribution in [0.1, 0.15) is 41.0 Å². The number of esters is 1. The van der Waals surface area contributed by atoms with Crippen molar-refractivity contribution in [2.45, 2.75) is 46.6 Å². The van der Waals surface area contributed by atoms with Gasteiger partial charge in [0.15, 0.2) is 0 Å². The summed E-state index contributed by atoms with van der Waals surface area (Å²) in [7, 11) is 0. The third-order valence-electron chi connectivity index (χ3n) is 1.69. The number of hydrogen-bond donors (Lipinski definition) is 0. The van der Waals surface area contributed by atoms with Crippen LogP contribution in [0.2, 0.25) is 0 Å². The van der Waals surface area contributed by atoms with Crippen molar-refractivity contribution in [1.29, 1.82) is 0 Å². The summed E-state index contributed by atoms with van der Waals surface area (Å²) in [6, 6.07) is 0. The van der Waals surface area contributed by atoms with Crippen molar-refractivity contribution in [3.8, 4) is 0 Å². The fraction of sp³-hybridized carbons (Fsp3) is 0.615. The third kappa shape index (κ3) is 9.26. The molecule has 1 unspecified atom stereocenters. The van der Waals surface area contributed by atoms with Crippen molar-refractivity contribution in [2.75, 3.05) is 0 Å². The Labute approximate surface area is 93.0 Å². The molecule has 0 spiro atoms. The lowest BCUT2D eigenvalue weighted by atomic mass is 10.1. The first kappa shape index (κ1) is 13.9. The van der Waals surface area contributed by atoms with Gasteiger partial charge in [0.1, 0.15) is 5.60 Å². The molecular weight excluding hydrogens is 188 g/mol. The molecule has 0 radical (unpaired) electrons. The molecule has 0 aromatic rings. The molecule has 0 aromatic carbocycles. The minimum atomic E-state index is -0.406. The minimum absolute atomic E-state index is 0.268. The summed E-state index contributed by atoms with van der Waals surface area (Å²) < 4.78 is 5.14. The molecule has 0 amide bonds. The lowest BCUT2D eigenvalue weighted by molar-refractivity contribution is -0.148. The fourth-order valence-electron chi connectivity index (χ4n) is 1.12. The normalized spacial score (nSPS) is 14.7. The maximum absolute atomic E-state index is 11.3. The largest absolute Gasteiger partial charge is 0.457 e. The first-order valence-electron chi connectivity index (χ1n) is 5.37. The van der Waals surface area contributed by atoms with Crippen LogP contribution in [-0.4, -0.2) is 11.6 Å². The SMILES string of the molecule is CC=CC(C)CC=CC(=O)OC(C)(C)C. The molecule has 0 rings (SSSR count). The van der Waals surface area contributed by atoms with E-state index in [0.29, 0.717) is 5.92 Å². The van der Waals surface area contributed by atoms with Crippen LogP contribution in [-0.2, 0) is 9.53 Å². The molecule has 2 nitrogen and oxygen atoms in total. The first-order valence-corrected chi connectivity index (χ1v) is 5.37. The van der Waals surface area contributed by atoms with Gasteiger partial charge in [-0.25, -0.2) is 4.79 Å². The molecule has 0 heterocycles. The quantitative estimate of drug-likeness (QED) is 0.403. The van der Waals surface area contributed by atoms with E-state index < -0.39 is 5.60 Å². The molecule has 1 atom stereocenters. The van der Waals surface area contributed by atoms with E-state index in [0.717, 1.165) is 6.42 Å². The van der Waals surface area contributed by atoms with Crippen LogP contribution < -0.4 is 0 Å². The Morgan fingerprint density at radius 1 is 1.40 bits per heavy atom. The van der Waals surface area contributed by atoms with Gasteiger partial charge in [-0.2, -0.15) is 0 Å². The van der Waals surface area contributed by atoms with Crippen LogP contribution in [0.5, 0.6) is 0 Å². The van der Waals surface area contributed by atoms with Crippen LogP contribution in [0, 0.1) is 5.92 Å². The van der Waals surface area contributed by atoms with Gasteiger partial charge in [0.25, 0.3) is 0 Å². The van der Waals surface area contributed by atoms with Crippen LogP contribution in [0.15, 0.2) is 24.3 Å². The molecule has 0 aliphatic rings. The molecule has 0 aliphatic carbocycles. The van der Waals surface area contributed by atoms with E-state index in [4.69, 9.17) is 4.74 Å². The Morgan fingerprint density at radius 2 is 2.00 bits per heavy atom. The van der Waals surface area contributed by atoms with E-state index in [9.17, 15) is 4.79 Å². The summed E-state index contributed by atoms with van der Waals surface area (Å²) in [6.07, 6.45) is 8.36. The zero-order chi connectivity index (χ0) is 11.9. The average molecular weight is 210 g/mol. The Bertz CT molecular complexity index is 244. The van der Waals surface area contributed by atoms with Crippen molar-refractivity contribution >= 4 is 5.97 Å². The Kier molecular flexibility index (Phi) is 5.99. The van der Waals surface area contributed by atoms with Crippen molar-refractivity contribution in [1.82, 2.24) is 0 Å². The lowest BCUT2D eigenvalue weighted by Crippen LogP contribution is -2.22. The zero-order valence-corrected chi connectivity index (χ0v) is 10.4. The van der Waals surface area contributed by atoms with E-state index in [2.05, 4.69) is 13.0 Å². The van der Waals surface area contributed by atoms with E-state index in [-0.39, 0.29) is 5.97 Å². The van der Waals surface area contributed by atoms with Crippen molar-refractivity contribution in [3.63, 3.8) is 0 Å². The number of carbonyl (C=O) groups excluding carboxylic acids is 1. The van der Waals surface area contributed by atoms with E-state index in [1.54, 1.807) is 0 Å². The topological polar surface area (TPSA) is 26.3 Å². The highest BCUT2D eigenvalue weighted by Crippen LogP contribution is 2.08. The monoisotopic (exact) mass is 210 g/mol. The van der Waals surface area contributed by atoms with Gasteiger partial charge in [-0.05, 0) is 40.0 Å². The summed E-state index contributed by atoms with van der Waals surface area (Å²) in [5, 5.41) is 0. The molecule has 0 saturated carbocycles. The highest BCUT2D eigenvalue weighted by atomic mass is 16.6. The maximum Gasteiger partial charge on any atom is 0.330 e. The summed E-state index contributed by atoms with van der Waals surface area (Å²) in [5.41, 5.74) is -0.406. The zero-order valence-electron chi connectivity index (χ0n) is 10.4. The van der Waals surface area contributed by atoms with E-state index in [1.165, 1.54) is 6.08 Å². The molecule has 0 aliphatic heterocycles. The standard InChI is InChI=1S/C13H22O2/c1-6-8-11(2)9-7-10-12(14)15-13(3,4)5/h6-8,10-11H,9H2,1-5H3. The number of ether oxygens (including phenoxy) is 1. The van der Waals surface area contributed by atoms with Gasteiger partial charge in [-0.3, -0.25) is 0 Å². The predicted octanol–water partition coefficient (Wildman–Crippen LogP) is 3.49. The maximum atomic E-state index is 11.3. The van der Waals surface area contributed by atoms with Crippen molar-refractivity contribution in [3.05, 3.63) is 24.3 Å².